The van der Waals surface area contributed by atoms with Gasteiger partial charge in [-0.2, -0.15) is 13.2 Å². The molecular weight excluding hydrogens is 237 g/mol. The quantitative estimate of drug-likeness (QED) is 0.491. The molecule has 0 spiro atoms. The van der Waals surface area contributed by atoms with Gasteiger partial charge in [-0.15, -0.1) is 11.8 Å². The maximum atomic E-state index is 12.3. The van der Waals surface area contributed by atoms with Crippen LogP contribution in [0.1, 0.15) is 12.0 Å². The standard InChI is InChI=1S/C10H13F3N2S/c11-10(12,13)7-2-3-9(8(15)6-7)16-5-1-4-14/h2-3,6H,1,4-5,14-15H2. The Hall–Kier alpha value is -0.880. The van der Waals surface area contributed by atoms with Crippen molar-refractivity contribution < 1.29 is 13.2 Å². The summed E-state index contributed by atoms with van der Waals surface area (Å²) in [5, 5.41) is 0. The van der Waals surface area contributed by atoms with Crippen molar-refractivity contribution in [2.24, 2.45) is 5.73 Å². The van der Waals surface area contributed by atoms with E-state index >= 15 is 0 Å². The number of nitrogens with two attached hydrogens (primary N) is 2. The lowest BCUT2D eigenvalue weighted by Crippen LogP contribution is -2.06. The molecule has 2 nitrogen and oxygen atoms in total. The van der Waals surface area contributed by atoms with Gasteiger partial charge in [-0.25, -0.2) is 0 Å². The second-order valence-electron chi connectivity index (χ2n) is 3.24. The van der Waals surface area contributed by atoms with E-state index in [-0.39, 0.29) is 5.69 Å². The third-order valence-corrected chi connectivity index (χ3v) is 3.12. The number of thioether (sulfide) groups is 1. The van der Waals surface area contributed by atoms with Crippen molar-refractivity contribution in [3.8, 4) is 0 Å². The minimum Gasteiger partial charge on any atom is -0.398 e. The fourth-order valence-electron chi connectivity index (χ4n) is 1.12. The van der Waals surface area contributed by atoms with Gasteiger partial charge in [0.15, 0.2) is 0 Å². The summed E-state index contributed by atoms with van der Waals surface area (Å²) in [6.07, 6.45) is -3.53. The minimum absolute atomic E-state index is 0.164. The number of hydrogen-bond donors (Lipinski definition) is 2. The van der Waals surface area contributed by atoms with E-state index in [2.05, 4.69) is 0 Å². The largest absolute Gasteiger partial charge is 0.416 e. The first-order valence-corrected chi connectivity index (χ1v) is 5.73. The molecule has 0 bridgehead atoms. The average Bonchev–Trinajstić information content (AvgIpc) is 2.19. The molecule has 1 aromatic carbocycles. The summed E-state index contributed by atoms with van der Waals surface area (Å²) in [4.78, 5) is 0.668. The molecule has 0 heterocycles. The second kappa shape index (κ2) is 5.45. The van der Waals surface area contributed by atoms with Crippen LogP contribution in [-0.4, -0.2) is 12.3 Å². The molecule has 1 aromatic rings. The number of alkyl halides is 3. The minimum atomic E-state index is -4.34. The summed E-state index contributed by atoms with van der Waals surface area (Å²) in [6, 6.07) is 3.41. The zero-order valence-electron chi connectivity index (χ0n) is 8.55. The number of nitrogen functional groups attached to an aromatic ring is 1. The van der Waals surface area contributed by atoms with Crippen LogP contribution in [0, 0.1) is 0 Å². The van der Waals surface area contributed by atoms with Crippen LogP contribution in [0.2, 0.25) is 0 Å². The van der Waals surface area contributed by atoms with Gasteiger partial charge in [0.1, 0.15) is 0 Å². The molecule has 0 atom stereocenters. The lowest BCUT2D eigenvalue weighted by atomic mass is 10.2. The van der Waals surface area contributed by atoms with Crippen LogP contribution >= 0.6 is 11.8 Å². The molecule has 0 radical (unpaired) electrons. The van der Waals surface area contributed by atoms with Crippen molar-refractivity contribution in [3.63, 3.8) is 0 Å². The highest BCUT2D eigenvalue weighted by Gasteiger charge is 2.30. The Labute approximate surface area is 96.2 Å². The van der Waals surface area contributed by atoms with E-state index in [0.717, 1.165) is 24.3 Å². The molecule has 0 aliphatic carbocycles. The number of benzene rings is 1. The Morgan fingerprint density at radius 2 is 1.94 bits per heavy atom. The van der Waals surface area contributed by atoms with E-state index in [9.17, 15) is 13.2 Å². The molecule has 0 amide bonds. The maximum absolute atomic E-state index is 12.3. The van der Waals surface area contributed by atoms with E-state index in [0.29, 0.717) is 11.4 Å². The normalized spacial score (nSPS) is 11.8. The fraction of sp³-hybridized carbons (Fsp3) is 0.400. The van der Waals surface area contributed by atoms with Crippen molar-refractivity contribution in [3.05, 3.63) is 23.8 Å². The summed E-state index contributed by atoms with van der Waals surface area (Å²) in [6.45, 7) is 0.563. The SMILES string of the molecule is NCCCSc1ccc(C(F)(F)F)cc1N. The summed E-state index contributed by atoms with van der Waals surface area (Å²) in [5.74, 6) is 0.756. The van der Waals surface area contributed by atoms with Crippen LogP contribution in [0.4, 0.5) is 18.9 Å². The Morgan fingerprint density at radius 1 is 1.25 bits per heavy atom. The molecule has 0 aliphatic heterocycles. The van der Waals surface area contributed by atoms with E-state index in [4.69, 9.17) is 11.5 Å². The third kappa shape index (κ3) is 3.61. The summed E-state index contributed by atoms with van der Waals surface area (Å²) in [7, 11) is 0. The van der Waals surface area contributed by atoms with Gasteiger partial charge in [0.25, 0.3) is 0 Å². The van der Waals surface area contributed by atoms with Crippen molar-refractivity contribution in [2.45, 2.75) is 17.5 Å². The average molecular weight is 250 g/mol. The summed E-state index contributed by atoms with van der Waals surface area (Å²) in [5.41, 5.74) is 10.3. The van der Waals surface area contributed by atoms with E-state index in [1.54, 1.807) is 0 Å². The van der Waals surface area contributed by atoms with Gasteiger partial charge in [-0.1, -0.05) is 0 Å². The molecule has 0 aromatic heterocycles. The highest BCUT2D eigenvalue weighted by atomic mass is 32.2. The van der Waals surface area contributed by atoms with E-state index in [1.165, 1.54) is 17.8 Å². The molecule has 0 saturated carbocycles. The monoisotopic (exact) mass is 250 g/mol. The van der Waals surface area contributed by atoms with Crippen molar-refractivity contribution in [1.82, 2.24) is 0 Å². The Morgan fingerprint density at radius 3 is 2.44 bits per heavy atom. The van der Waals surface area contributed by atoms with Gasteiger partial charge in [-0.05, 0) is 36.9 Å². The van der Waals surface area contributed by atoms with Gasteiger partial charge >= 0.3 is 6.18 Å². The molecule has 6 heteroatoms. The van der Waals surface area contributed by atoms with Crippen LogP contribution in [0.5, 0.6) is 0 Å². The van der Waals surface area contributed by atoms with Crippen molar-refractivity contribution in [2.75, 3.05) is 18.0 Å². The lowest BCUT2D eigenvalue weighted by Gasteiger charge is -2.10. The van der Waals surface area contributed by atoms with E-state index < -0.39 is 11.7 Å². The van der Waals surface area contributed by atoms with Crippen molar-refractivity contribution in [1.29, 1.82) is 0 Å². The molecule has 4 N–H and O–H groups in total. The summed E-state index contributed by atoms with van der Waals surface area (Å²) < 4.78 is 37.0. The van der Waals surface area contributed by atoms with Crippen LogP contribution < -0.4 is 11.5 Å². The molecule has 0 unspecified atom stereocenters. The zero-order valence-corrected chi connectivity index (χ0v) is 9.37. The van der Waals surface area contributed by atoms with Crippen LogP contribution in [0.15, 0.2) is 23.1 Å². The molecule has 1 rings (SSSR count). The molecule has 90 valence electrons. The first-order chi connectivity index (χ1) is 7.45. The number of rotatable bonds is 4. The Kier molecular flexibility index (Phi) is 4.49. The van der Waals surface area contributed by atoms with Gasteiger partial charge in [0.05, 0.1) is 5.56 Å². The second-order valence-corrected chi connectivity index (χ2v) is 4.38. The highest BCUT2D eigenvalue weighted by Crippen LogP contribution is 2.34. The van der Waals surface area contributed by atoms with E-state index in [1.807, 2.05) is 0 Å². The van der Waals surface area contributed by atoms with Gasteiger partial charge in [0.2, 0.25) is 0 Å². The number of hydrogen-bond acceptors (Lipinski definition) is 3. The summed E-state index contributed by atoms with van der Waals surface area (Å²) >= 11 is 1.42. The van der Waals surface area contributed by atoms with Gasteiger partial charge < -0.3 is 11.5 Å². The Balaban J connectivity index is 2.76. The van der Waals surface area contributed by atoms with Gasteiger partial charge in [0, 0.05) is 10.6 Å². The zero-order chi connectivity index (χ0) is 12.2. The van der Waals surface area contributed by atoms with Crippen molar-refractivity contribution >= 4 is 17.4 Å². The first kappa shape index (κ1) is 13.2. The van der Waals surface area contributed by atoms with Gasteiger partial charge in [-0.3, -0.25) is 0 Å². The molecule has 0 aliphatic rings. The predicted octanol–water partition coefficient (Wildman–Crippen LogP) is 2.73. The van der Waals surface area contributed by atoms with Crippen LogP contribution in [0.3, 0.4) is 0 Å². The third-order valence-electron chi connectivity index (χ3n) is 1.94. The molecule has 0 saturated heterocycles. The molecule has 0 fully saturated rings. The molecule has 16 heavy (non-hydrogen) atoms. The fourth-order valence-corrected chi connectivity index (χ4v) is 2.04. The first-order valence-electron chi connectivity index (χ1n) is 4.74. The molecular formula is C10H13F3N2S. The smallest absolute Gasteiger partial charge is 0.398 e. The van der Waals surface area contributed by atoms with Crippen LogP contribution in [0.25, 0.3) is 0 Å². The number of anilines is 1. The topological polar surface area (TPSA) is 52.0 Å². The predicted molar refractivity (Wildman–Crippen MR) is 60.3 cm³/mol. The lowest BCUT2D eigenvalue weighted by molar-refractivity contribution is -0.137. The Bertz CT molecular complexity index is 352. The highest BCUT2D eigenvalue weighted by molar-refractivity contribution is 7.99. The number of halogens is 3. The maximum Gasteiger partial charge on any atom is 0.416 e. The van der Waals surface area contributed by atoms with Crippen LogP contribution in [-0.2, 0) is 6.18 Å².